The lowest BCUT2D eigenvalue weighted by Crippen LogP contribution is -2.58. The second-order valence-electron chi connectivity index (χ2n) is 11.6. The predicted molar refractivity (Wildman–Crippen MR) is 188 cm³/mol. The predicted octanol–water partition coefficient (Wildman–Crippen LogP) is 5.12. The van der Waals surface area contributed by atoms with Gasteiger partial charge in [-0.3, -0.25) is 0 Å². The van der Waals surface area contributed by atoms with Crippen molar-refractivity contribution in [3.05, 3.63) is 24.4 Å². The molecule has 2 heterocycles. The highest BCUT2D eigenvalue weighted by Crippen LogP contribution is 2.76. The Hall–Kier alpha value is -0.370. The average molecular weight is 721 g/mol. The summed E-state index contributed by atoms with van der Waals surface area (Å²) < 4.78 is 12.8. The van der Waals surface area contributed by atoms with Crippen molar-refractivity contribution in [3.8, 4) is 28.5 Å². The zero-order valence-corrected chi connectivity index (χ0v) is 29.2. The van der Waals surface area contributed by atoms with Gasteiger partial charge < -0.3 is 10.0 Å². The standard InChI is InChI=1S/C24H29FN8OS8/c1-20-6-2-3-12(8-20)17(25)14(9-20)32(21(35)22(36,37)23(21,38)39)16-10-26-19(28-27-16)13-5-4-11(7-15(13)34)18-29-31-33(30-18)24(40,41)42/h4-5,7,10,12,14,17,34-42H,2-3,6,8-9H2,1H3/t12-,14-,17+,20+/m0/s1. The Balaban J connectivity index is 1.34. The number of hydrogen-bond acceptors (Lipinski definition) is 16. The quantitative estimate of drug-likeness (QED) is 0.128. The van der Waals surface area contributed by atoms with Crippen LogP contribution < -0.4 is 4.90 Å². The molecule has 9 nitrogen and oxygen atoms in total. The fourth-order valence-corrected chi connectivity index (χ4v) is 9.47. The minimum Gasteiger partial charge on any atom is -0.507 e. The van der Waals surface area contributed by atoms with Crippen molar-refractivity contribution in [3.63, 3.8) is 0 Å². The van der Waals surface area contributed by atoms with E-state index in [-0.39, 0.29) is 28.7 Å². The molecule has 3 aromatic rings. The molecule has 3 saturated carbocycles. The fourth-order valence-electron chi connectivity index (χ4n) is 6.45. The van der Waals surface area contributed by atoms with Gasteiger partial charge in [0.15, 0.2) is 11.6 Å². The Morgan fingerprint density at radius 2 is 1.74 bits per heavy atom. The topological polar surface area (TPSA) is 106 Å². The minimum absolute atomic E-state index is 0.0121. The van der Waals surface area contributed by atoms with Crippen LogP contribution in [0.5, 0.6) is 5.75 Å². The molecule has 0 amide bonds. The van der Waals surface area contributed by atoms with Crippen LogP contribution in [0.15, 0.2) is 24.4 Å². The van der Waals surface area contributed by atoms with Gasteiger partial charge in [0, 0.05) is 5.56 Å². The number of halogens is 1. The number of fused-ring (bicyclic) bond motifs is 2. The molecule has 1 aromatic carbocycles. The number of phenolic OH excluding ortho intramolecular Hbond substituents is 1. The number of aromatic hydroxyl groups is 1. The van der Waals surface area contributed by atoms with Crippen LogP contribution in [0.25, 0.3) is 22.8 Å². The number of nitrogens with zero attached hydrogens (tertiary/aromatic N) is 8. The normalized spacial score (nSPS) is 29.2. The second kappa shape index (κ2) is 10.6. The van der Waals surface area contributed by atoms with E-state index < -0.39 is 28.8 Å². The second-order valence-corrected chi connectivity index (χ2v) is 18.7. The summed E-state index contributed by atoms with van der Waals surface area (Å²) in [6, 6.07) is 4.19. The molecule has 6 rings (SSSR count). The van der Waals surface area contributed by atoms with E-state index in [0.717, 1.165) is 30.5 Å². The minimum atomic E-state index is -1.25. The number of alkyl halides is 1. The summed E-state index contributed by atoms with van der Waals surface area (Å²) in [5.74, 6) is 0.512. The number of thiol groups is 8. The molecule has 3 aliphatic carbocycles. The molecule has 3 aliphatic rings. The van der Waals surface area contributed by atoms with Crippen LogP contribution in [-0.2, 0) is 3.54 Å². The van der Waals surface area contributed by atoms with Crippen molar-refractivity contribution in [2.45, 2.75) is 67.8 Å². The average Bonchev–Trinajstić information content (AvgIpc) is 3.29. The number of benzene rings is 1. The number of anilines is 1. The van der Waals surface area contributed by atoms with Crippen molar-refractivity contribution >= 4 is 107 Å². The summed E-state index contributed by atoms with van der Waals surface area (Å²) in [4.78, 5) is 6.21. The Kier molecular flexibility index (Phi) is 7.97. The van der Waals surface area contributed by atoms with Crippen LogP contribution in [0.4, 0.5) is 10.2 Å². The van der Waals surface area contributed by atoms with E-state index in [9.17, 15) is 5.11 Å². The molecular formula is C24H29FN8OS8. The summed E-state index contributed by atoms with van der Waals surface area (Å²) in [7, 11) is 0. The highest BCUT2D eigenvalue weighted by atomic mass is 32.2. The van der Waals surface area contributed by atoms with E-state index in [0.29, 0.717) is 23.4 Å². The Morgan fingerprint density at radius 1 is 1.02 bits per heavy atom. The van der Waals surface area contributed by atoms with Gasteiger partial charge in [-0.25, -0.2) is 9.37 Å². The maximum atomic E-state index is 16.2. The molecule has 226 valence electrons. The maximum Gasteiger partial charge on any atom is 0.213 e. The van der Waals surface area contributed by atoms with Crippen LogP contribution >= 0.6 is 101 Å². The lowest BCUT2D eigenvalue weighted by atomic mass is 9.60. The summed E-state index contributed by atoms with van der Waals surface area (Å²) in [5.41, 5.74) is 0.808. The van der Waals surface area contributed by atoms with Crippen LogP contribution in [-0.4, -0.2) is 65.7 Å². The van der Waals surface area contributed by atoms with Crippen molar-refractivity contribution < 1.29 is 9.50 Å². The Labute approximate surface area is 286 Å². The smallest absolute Gasteiger partial charge is 0.213 e. The summed E-state index contributed by atoms with van der Waals surface area (Å²) in [5, 5.41) is 31.7. The van der Waals surface area contributed by atoms with E-state index in [1.807, 2.05) is 0 Å². The molecule has 0 unspecified atom stereocenters. The van der Waals surface area contributed by atoms with Gasteiger partial charge in [-0.2, -0.15) is 50.5 Å². The molecule has 4 atom stereocenters. The lowest BCUT2D eigenvalue weighted by molar-refractivity contribution is 0.00879. The van der Waals surface area contributed by atoms with Gasteiger partial charge in [0.25, 0.3) is 0 Å². The van der Waals surface area contributed by atoms with E-state index in [2.05, 4.69) is 75.4 Å². The van der Waals surface area contributed by atoms with E-state index in [1.165, 1.54) is 12.3 Å². The first-order chi connectivity index (χ1) is 19.5. The van der Waals surface area contributed by atoms with Crippen molar-refractivity contribution in [1.29, 1.82) is 0 Å². The Morgan fingerprint density at radius 3 is 2.31 bits per heavy atom. The molecule has 18 heteroatoms. The third-order valence-electron chi connectivity index (χ3n) is 8.68. The first-order valence-corrected chi connectivity index (χ1v) is 16.6. The van der Waals surface area contributed by atoms with E-state index in [1.54, 1.807) is 17.0 Å². The Bertz CT molecular complexity index is 1500. The third-order valence-corrected chi connectivity index (χ3v) is 14.2. The summed E-state index contributed by atoms with van der Waals surface area (Å²) in [6.45, 7) is 2.22. The fraction of sp³-hybridized carbons (Fsp3) is 0.583. The van der Waals surface area contributed by atoms with Gasteiger partial charge >= 0.3 is 0 Å². The molecule has 0 spiro atoms. The number of hydrogen-bond donors (Lipinski definition) is 9. The van der Waals surface area contributed by atoms with E-state index >= 15 is 4.39 Å². The molecular weight excluding hydrogens is 692 g/mol. The molecule has 2 bridgehead atoms. The number of aromatic nitrogens is 7. The molecule has 1 N–H and O–H groups in total. The van der Waals surface area contributed by atoms with Gasteiger partial charge in [0.2, 0.25) is 9.36 Å². The maximum absolute atomic E-state index is 16.2. The first-order valence-electron chi connectivity index (χ1n) is 13.1. The number of rotatable bonds is 6. The van der Waals surface area contributed by atoms with Crippen LogP contribution in [0.2, 0.25) is 0 Å². The highest BCUT2D eigenvalue weighted by molar-refractivity contribution is 8.15. The molecule has 42 heavy (non-hydrogen) atoms. The zero-order chi connectivity index (χ0) is 30.5. The molecule has 0 saturated heterocycles. The van der Waals surface area contributed by atoms with Gasteiger partial charge in [0.1, 0.15) is 25.0 Å². The van der Waals surface area contributed by atoms with Gasteiger partial charge in [-0.15, -0.1) is 75.7 Å². The first kappa shape index (κ1) is 31.6. The summed E-state index contributed by atoms with van der Waals surface area (Å²) in [6.07, 6.45) is 4.70. The third kappa shape index (κ3) is 4.92. The zero-order valence-electron chi connectivity index (χ0n) is 22.1. The molecule has 0 aliphatic heterocycles. The van der Waals surface area contributed by atoms with Crippen molar-refractivity contribution in [2.75, 3.05) is 4.90 Å². The molecule has 3 fully saturated rings. The van der Waals surface area contributed by atoms with Crippen LogP contribution in [0.3, 0.4) is 0 Å². The van der Waals surface area contributed by atoms with Gasteiger partial charge in [0.05, 0.1) is 17.8 Å². The number of tetrazole rings is 1. The SMILES string of the molecule is C[C@@]12CCC[C@@H](C1)[C@@H](F)[C@@H](N(c1cnc(-c3ccc(-c4nnn(C(S)(S)S)n4)cc3O)nn1)C1(S)C(S)(S)C1(S)S)C2. The molecule has 0 radical (unpaired) electrons. The lowest BCUT2D eigenvalue weighted by Gasteiger charge is -2.52. The van der Waals surface area contributed by atoms with Crippen molar-refractivity contribution in [2.24, 2.45) is 11.3 Å². The highest BCUT2D eigenvalue weighted by Gasteiger charge is 2.85. The monoisotopic (exact) mass is 720 g/mol. The summed E-state index contributed by atoms with van der Waals surface area (Å²) >= 11 is 36.4. The van der Waals surface area contributed by atoms with Crippen molar-refractivity contribution in [1.82, 2.24) is 35.4 Å². The largest absolute Gasteiger partial charge is 0.507 e. The van der Waals surface area contributed by atoms with Gasteiger partial charge in [-0.1, -0.05) is 19.4 Å². The van der Waals surface area contributed by atoms with Gasteiger partial charge in [-0.05, 0) is 54.4 Å². The van der Waals surface area contributed by atoms with E-state index in [4.69, 9.17) is 63.1 Å². The molecule has 2 aromatic heterocycles. The van der Waals surface area contributed by atoms with Crippen LogP contribution in [0, 0.1) is 11.3 Å². The number of phenols is 1. The van der Waals surface area contributed by atoms with Crippen LogP contribution in [0.1, 0.15) is 39.0 Å².